The zero-order valence-electron chi connectivity index (χ0n) is 16.7. The summed E-state index contributed by atoms with van der Waals surface area (Å²) in [4.78, 5) is 48.4. The Kier molecular flexibility index (Phi) is 5.27. The maximum absolute atomic E-state index is 12.4. The fourth-order valence-electron chi connectivity index (χ4n) is 3.13. The molecule has 2 heterocycles. The number of aromatic amines is 2. The van der Waals surface area contributed by atoms with Crippen molar-refractivity contribution in [2.24, 2.45) is 0 Å². The maximum atomic E-state index is 12.4. The molecule has 156 valence electrons. The van der Waals surface area contributed by atoms with Crippen molar-refractivity contribution in [2.45, 2.75) is 6.92 Å². The Morgan fingerprint density at radius 3 is 2.58 bits per heavy atom. The SMILES string of the molecule is COC(=O)CN(c1nc(-c2ccccc2)c2cc(C)ccc2n1)c1n[nH]c(=O)[nH]c1=O. The van der Waals surface area contributed by atoms with E-state index in [0.717, 1.165) is 16.5 Å². The first kappa shape index (κ1) is 20.0. The van der Waals surface area contributed by atoms with Crippen molar-refractivity contribution in [2.75, 3.05) is 18.6 Å². The number of carbonyl (C=O) groups excluding carboxylic acids is 1. The van der Waals surface area contributed by atoms with Gasteiger partial charge in [-0.1, -0.05) is 42.0 Å². The quantitative estimate of drug-likeness (QED) is 0.468. The largest absolute Gasteiger partial charge is 0.468 e. The van der Waals surface area contributed by atoms with E-state index >= 15 is 0 Å². The van der Waals surface area contributed by atoms with Crippen LogP contribution in [0.1, 0.15) is 5.56 Å². The molecule has 2 N–H and O–H groups in total. The second kappa shape index (κ2) is 8.19. The molecule has 0 aliphatic heterocycles. The number of anilines is 2. The number of rotatable bonds is 5. The molecule has 31 heavy (non-hydrogen) atoms. The van der Waals surface area contributed by atoms with E-state index in [0.29, 0.717) is 11.2 Å². The van der Waals surface area contributed by atoms with Gasteiger partial charge in [0, 0.05) is 10.9 Å². The van der Waals surface area contributed by atoms with Gasteiger partial charge in [0.05, 0.1) is 18.3 Å². The van der Waals surface area contributed by atoms with Crippen molar-refractivity contribution < 1.29 is 9.53 Å². The van der Waals surface area contributed by atoms with E-state index in [2.05, 4.69) is 25.1 Å². The van der Waals surface area contributed by atoms with E-state index in [-0.39, 0.29) is 18.3 Å². The number of aryl methyl sites for hydroxylation is 1. The molecule has 0 fully saturated rings. The van der Waals surface area contributed by atoms with Gasteiger partial charge in [-0.25, -0.2) is 19.9 Å². The molecule has 0 saturated carbocycles. The molecule has 0 aliphatic carbocycles. The van der Waals surface area contributed by atoms with Crippen LogP contribution < -0.4 is 16.1 Å². The molecule has 0 saturated heterocycles. The first-order valence-electron chi connectivity index (χ1n) is 9.33. The van der Waals surface area contributed by atoms with Gasteiger partial charge in [0.1, 0.15) is 6.54 Å². The third-order valence-electron chi connectivity index (χ3n) is 4.59. The van der Waals surface area contributed by atoms with Gasteiger partial charge in [0.15, 0.2) is 0 Å². The number of H-pyrrole nitrogens is 2. The maximum Gasteiger partial charge on any atom is 0.342 e. The second-order valence-electron chi connectivity index (χ2n) is 6.75. The van der Waals surface area contributed by atoms with Gasteiger partial charge in [0.2, 0.25) is 11.8 Å². The van der Waals surface area contributed by atoms with Gasteiger partial charge >= 0.3 is 11.7 Å². The molecular weight excluding hydrogens is 400 g/mol. The van der Waals surface area contributed by atoms with Crippen molar-refractivity contribution >= 4 is 28.6 Å². The van der Waals surface area contributed by atoms with E-state index in [1.807, 2.05) is 55.5 Å². The minimum absolute atomic E-state index is 0.0608. The highest BCUT2D eigenvalue weighted by Crippen LogP contribution is 2.30. The summed E-state index contributed by atoms with van der Waals surface area (Å²) in [6.07, 6.45) is 0. The number of esters is 1. The van der Waals surface area contributed by atoms with Crippen LogP contribution in [-0.4, -0.2) is 44.8 Å². The van der Waals surface area contributed by atoms with Gasteiger partial charge in [-0.05, 0) is 19.1 Å². The van der Waals surface area contributed by atoms with Gasteiger partial charge in [0.25, 0.3) is 5.56 Å². The van der Waals surface area contributed by atoms with Gasteiger partial charge < -0.3 is 4.74 Å². The summed E-state index contributed by atoms with van der Waals surface area (Å²) in [5, 5.41) is 6.77. The molecule has 0 aliphatic rings. The summed E-state index contributed by atoms with van der Waals surface area (Å²) < 4.78 is 4.76. The molecule has 0 radical (unpaired) electrons. The first-order chi connectivity index (χ1) is 15.0. The van der Waals surface area contributed by atoms with Crippen LogP contribution in [0.25, 0.3) is 22.2 Å². The van der Waals surface area contributed by atoms with Crippen molar-refractivity contribution in [3.8, 4) is 11.3 Å². The number of methoxy groups -OCH3 is 1. The number of hydrogen-bond donors (Lipinski definition) is 2. The topological polar surface area (TPSA) is 134 Å². The lowest BCUT2D eigenvalue weighted by Gasteiger charge is -2.20. The Balaban J connectivity index is 1.98. The van der Waals surface area contributed by atoms with Crippen molar-refractivity contribution in [3.63, 3.8) is 0 Å². The predicted molar refractivity (Wildman–Crippen MR) is 114 cm³/mol. The normalized spacial score (nSPS) is 10.8. The Labute approximate surface area is 175 Å². The number of benzene rings is 2. The third kappa shape index (κ3) is 4.04. The molecule has 10 nitrogen and oxygen atoms in total. The number of aromatic nitrogens is 5. The zero-order valence-corrected chi connectivity index (χ0v) is 16.7. The number of fused-ring (bicyclic) bond motifs is 1. The number of nitrogens with zero attached hydrogens (tertiary/aromatic N) is 4. The molecule has 2 aromatic carbocycles. The van der Waals surface area contributed by atoms with Crippen molar-refractivity contribution in [1.29, 1.82) is 0 Å². The lowest BCUT2D eigenvalue weighted by Crippen LogP contribution is -2.36. The molecule has 4 aromatic rings. The van der Waals surface area contributed by atoms with Crippen LogP contribution in [0.4, 0.5) is 11.8 Å². The lowest BCUT2D eigenvalue weighted by atomic mass is 10.0. The van der Waals surface area contributed by atoms with E-state index in [1.54, 1.807) is 0 Å². The smallest absolute Gasteiger partial charge is 0.342 e. The van der Waals surface area contributed by atoms with E-state index in [4.69, 9.17) is 4.74 Å². The second-order valence-corrected chi connectivity index (χ2v) is 6.75. The molecular formula is C21H18N6O4. The highest BCUT2D eigenvalue weighted by molar-refractivity contribution is 5.94. The van der Waals surface area contributed by atoms with Crippen LogP contribution in [0.15, 0.2) is 58.1 Å². The summed E-state index contributed by atoms with van der Waals surface area (Å²) >= 11 is 0. The van der Waals surface area contributed by atoms with Gasteiger partial charge in [-0.2, -0.15) is 0 Å². The molecule has 0 atom stereocenters. The molecule has 0 spiro atoms. The van der Waals surface area contributed by atoms with Gasteiger partial charge in [-0.15, -0.1) is 5.10 Å². The van der Waals surface area contributed by atoms with Crippen LogP contribution in [0.5, 0.6) is 0 Å². The molecule has 10 heteroatoms. The zero-order chi connectivity index (χ0) is 22.0. The van der Waals surface area contributed by atoms with Crippen LogP contribution in [0.2, 0.25) is 0 Å². The minimum Gasteiger partial charge on any atom is -0.468 e. The lowest BCUT2D eigenvalue weighted by molar-refractivity contribution is -0.138. The van der Waals surface area contributed by atoms with Crippen LogP contribution in [0, 0.1) is 6.92 Å². The Hall–Kier alpha value is -4.34. The standard InChI is InChI=1S/C21H18N6O4/c1-12-8-9-15-14(10-12)17(13-6-4-3-5-7-13)23-20(22-15)27(11-16(28)31-2)18-19(29)24-21(30)26-25-18/h3-10H,11H2,1-2H3,(H2,24,26,29,30). The van der Waals surface area contributed by atoms with Crippen LogP contribution in [-0.2, 0) is 9.53 Å². The summed E-state index contributed by atoms with van der Waals surface area (Å²) in [7, 11) is 1.23. The number of carbonyl (C=O) groups is 1. The van der Waals surface area contributed by atoms with Crippen molar-refractivity contribution in [3.05, 3.63) is 74.9 Å². The van der Waals surface area contributed by atoms with Crippen LogP contribution in [0.3, 0.4) is 0 Å². The number of hydrogen-bond acceptors (Lipinski definition) is 8. The summed E-state index contributed by atoms with van der Waals surface area (Å²) in [6, 6.07) is 15.2. The van der Waals surface area contributed by atoms with Gasteiger partial charge in [-0.3, -0.25) is 19.5 Å². The highest BCUT2D eigenvalue weighted by Gasteiger charge is 2.23. The van der Waals surface area contributed by atoms with Crippen molar-refractivity contribution in [1.82, 2.24) is 25.1 Å². The average molecular weight is 418 g/mol. The Morgan fingerprint density at radius 2 is 1.87 bits per heavy atom. The average Bonchev–Trinajstić information content (AvgIpc) is 2.77. The first-order valence-corrected chi connectivity index (χ1v) is 9.33. The summed E-state index contributed by atoms with van der Waals surface area (Å²) in [5.74, 6) is -0.817. The fraction of sp³-hybridized carbons (Fsp3) is 0.143. The van der Waals surface area contributed by atoms with E-state index in [1.165, 1.54) is 12.0 Å². The van der Waals surface area contributed by atoms with E-state index < -0.39 is 17.2 Å². The summed E-state index contributed by atoms with van der Waals surface area (Å²) in [6.45, 7) is 1.58. The minimum atomic E-state index is -0.790. The van der Waals surface area contributed by atoms with E-state index in [9.17, 15) is 14.4 Å². The summed E-state index contributed by atoms with van der Waals surface area (Å²) in [5.41, 5.74) is 1.55. The monoisotopic (exact) mass is 418 g/mol. The molecule has 0 amide bonds. The molecule has 4 rings (SSSR count). The highest BCUT2D eigenvalue weighted by atomic mass is 16.5. The molecule has 0 bridgehead atoms. The Morgan fingerprint density at radius 1 is 1.10 bits per heavy atom. The van der Waals surface area contributed by atoms with Crippen LogP contribution >= 0.6 is 0 Å². The number of ether oxygens (including phenoxy) is 1. The Bertz CT molecular complexity index is 1380. The third-order valence-corrected chi connectivity index (χ3v) is 4.59. The fourth-order valence-corrected chi connectivity index (χ4v) is 3.13. The molecule has 0 unspecified atom stereocenters. The predicted octanol–water partition coefficient (Wildman–Crippen LogP) is 1.69. The number of nitrogens with one attached hydrogen (secondary N) is 2. The molecule has 2 aromatic heterocycles.